The van der Waals surface area contributed by atoms with Crippen molar-refractivity contribution in [3.05, 3.63) is 101 Å². The third kappa shape index (κ3) is 5.11. The maximum atomic E-state index is 13.3. The van der Waals surface area contributed by atoms with Gasteiger partial charge in [0, 0.05) is 43.0 Å². The van der Waals surface area contributed by atoms with Crippen LogP contribution in [0.1, 0.15) is 27.0 Å². The molecule has 9 heteroatoms. The van der Waals surface area contributed by atoms with E-state index in [0.29, 0.717) is 30.2 Å². The average molecular weight is 504 g/mol. The van der Waals surface area contributed by atoms with E-state index in [1.807, 2.05) is 42.5 Å². The van der Waals surface area contributed by atoms with Gasteiger partial charge in [-0.3, -0.25) is 4.79 Å². The van der Waals surface area contributed by atoms with Gasteiger partial charge < -0.3 is 15.5 Å². The fraction of sp³-hybridized carbons (Fsp3) is 0.179. The number of halogens is 3. The summed E-state index contributed by atoms with van der Waals surface area (Å²) >= 11 is 0. The van der Waals surface area contributed by atoms with Gasteiger partial charge in [-0.05, 0) is 41.8 Å². The topological polar surface area (TPSA) is 70.2 Å². The zero-order valence-corrected chi connectivity index (χ0v) is 20.0. The SMILES string of the molecule is CNc1cc(N2CCc3cc(C(=O)NCc4ccccc4C(F)(F)F)ccc32)nc(-c2ccccc2)n1. The fourth-order valence-electron chi connectivity index (χ4n) is 4.43. The Morgan fingerprint density at radius 3 is 2.49 bits per heavy atom. The Morgan fingerprint density at radius 2 is 1.73 bits per heavy atom. The molecule has 1 aromatic heterocycles. The number of carbonyl (C=O) groups is 1. The number of hydrogen-bond acceptors (Lipinski definition) is 5. The van der Waals surface area contributed by atoms with Gasteiger partial charge in [0.05, 0.1) is 5.56 Å². The van der Waals surface area contributed by atoms with Crippen LogP contribution in [0, 0.1) is 0 Å². The maximum absolute atomic E-state index is 13.3. The Hall–Kier alpha value is -4.40. The van der Waals surface area contributed by atoms with Gasteiger partial charge in [0.25, 0.3) is 5.91 Å². The van der Waals surface area contributed by atoms with Gasteiger partial charge in [0.2, 0.25) is 0 Å². The Morgan fingerprint density at radius 1 is 0.973 bits per heavy atom. The summed E-state index contributed by atoms with van der Waals surface area (Å²) in [6.45, 7) is 0.460. The number of nitrogens with one attached hydrogen (secondary N) is 2. The quantitative estimate of drug-likeness (QED) is 0.347. The molecule has 6 nitrogen and oxygen atoms in total. The summed E-state index contributed by atoms with van der Waals surface area (Å²) in [5.41, 5.74) is 2.47. The van der Waals surface area contributed by atoms with Gasteiger partial charge in [0.15, 0.2) is 5.82 Å². The number of alkyl halides is 3. The minimum atomic E-state index is -4.48. The number of anilines is 3. The summed E-state index contributed by atoms with van der Waals surface area (Å²) in [5, 5.41) is 5.71. The third-order valence-electron chi connectivity index (χ3n) is 6.28. The molecule has 0 saturated carbocycles. The van der Waals surface area contributed by atoms with Crippen molar-refractivity contribution >= 4 is 23.2 Å². The summed E-state index contributed by atoms with van der Waals surface area (Å²) in [4.78, 5) is 24.2. The van der Waals surface area contributed by atoms with E-state index in [-0.39, 0.29) is 12.1 Å². The van der Waals surface area contributed by atoms with Crippen molar-refractivity contribution in [2.24, 2.45) is 0 Å². The molecule has 1 aliphatic rings. The molecule has 0 spiro atoms. The second-order valence-corrected chi connectivity index (χ2v) is 8.63. The van der Waals surface area contributed by atoms with E-state index in [1.165, 1.54) is 18.2 Å². The van der Waals surface area contributed by atoms with Crippen LogP contribution in [0.4, 0.5) is 30.5 Å². The molecule has 1 aliphatic heterocycles. The number of fused-ring (bicyclic) bond motifs is 1. The number of carbonyl (C=O) groups excluding carboxylic acids is 1. The van der Waals surface area contributed by atoms with Crippen molar-refractivity contribution in [1.29, 1.82) is 0 Å². The lowest BCUT2D eigenvalue weighted by Gasteiger charge is -2.20. The number of aromatic nitrogens is 2. The van der Waals surface area contributed by atoms with Crippen LogP contribution in [0.3, 0.4) is 0 Å². The molecule has 0 atom stereocenters. The number of rotatable bonds is 6. The third-order valence-corrected chi connectivity index (χ3v) is 6.28. The van der Waals surface area contributed by atoms with Gasteiger partial charge in [-0.15, -0.1) is 0 Å². The molecule has 2 heterocycles. The second kappa shape index (κ2) is 9.93. The monoisotopic (exact) mass is 503 g/mol. The molecule has 0 radical (unpaired) electrons. The molecule has 0 aliphatic carbocycles. The minimum Gasteiger partial charge on any atom is -0.373 e. The average Bonchev–Trinajstić information content (AvgIpc) is 3.35. The highest BCUT2D eigenvalue weighted by Gasteiger charge is 2.33. The van der Waals surface area contributed by atoms with Crippen molar-refractivity contribution in [3.8, 4) is 11.4 Å². The molecule has 0 unspecified atom stereocenters. The molecule has 0 fully saturated rings. The first-order chi connectivity index (χ1) is 17.8. The van der Waals surface area contributed by atoms with Crippen molar-refractivity contribution in [1.82, 2.24) is 15.3 Å². The van der Waals surface area contributed by atoms with Crippen LogP contribution in [0.15, 0.2) is 78.9 Å². The fourth-order valence-corrected chi connectivity index (χ4v) is 4.43. The molecule has 0 bridgehead atoms. The van der Waals surface area contributed by atoms with E-state index in [0.717, 1.165) is 28.7 Å². The first kappa shape index (κ1) is 24.3. The van der Waals surface area contributed by atoms with Crippen molar-refractivity contribution < 1.29 is 18.0 Å². The van der Waals surface area contributed by atoms with E-state index in [9.17, 15) is 18.0 Å². The predicted molar refractivity (Wildman–Crippen MR) is 137 cm³/mol. The lowest BCUT2D eigenvalue weighted by Crippen LogP contribution is -2.24. The second-order valence-electron chi connectivity index (χ2n) is 8.63. The molecule has 5 rings (SSSR count). The highest BCUT2D eigenvalue weighted by molar-refractivity contribution is 5.95. The lowest BCUT2D eigenvalue weighted by molar-refractivity contribution is -0.138. The molecule has 1 amide bonds. The smallest absolute Gasteiger partial charge is 0.373 e. The summed E-state index contributed by atoms with van der Waals surface area (Å²) in [7, 11) is 1.80. The summed E-state index contributed by atoms with van der Waals surface area (Å²) in [6.07, 6.45) is -3.78. The van der Waals surface area contributed by atoms with Gasteiger partial charge in [-0.2, -0.15) is 13.2 Å². The van der Waals surface area contributed by atoms with E-state index < -0.39 is 17.6 Å². The minimum absolute atomic E-state index is 0.0222. The van der Waals surface area contributed by atoms with Gasteiger partial charge in [-0.25, -0.2) is 9.97 Å². The van der Waals surface area contributed by atoms with E-state index >= 15 is 0 Å². The van der Waals surface area contributed by atoms with Gasteiger partial charge >= 0.3 is 6.18 Å². The standard InChI is InChI=1S/C28H24F3N5O/c1-32-24-16-25(35-26(34-24)18-7-3-2-4-8-18)36-14-13-19-15-20(11-12-23(19)36)27(37)33-17-21-9-5-6-10-22(21)28(29,30)31/h2-12,15-16H,13-14,17H2,1H3,(H,33,37)(H,32,34,35). The van der Waals surface area contributed by atoms with Gasteiger partial charge in [-0.1, -0.05) is 48.5 Å². The molecule has 37 heavy (non-hydrogen) atoms. The Labute approximate surface area is 212 Å². The Bertz CT molecular complexity index is 1440. The van der Waals surface area contributed by atoms with Crippen LogP contribution in [-0.2, 0) is 19.1 Å². The lowest BCUT2D eigenvalue weighted by atomic mass is 10.1. The summed E-state index contributed by atoms with van der Waals surface area (Å²) < 4.78 is 39.8. The summed E-state index contributed by atoms with van der Waals surface area (Å²) in [6, 6.07) is 22.2. The zero-order valence-electron chi connectivity index (χ0n) is 20.0. The van der Waals surface area contributed by atoms with E-state index in [1.54, 1.807) is 19.2 Å². The highest BCUT2D eigenvalue weighted by atomic mass is 19.4. The van der Waals surface area contributed by atoms with Crippen LogP contribution in [0.2, 0.25) is 0 Å². The van der Waals surface area contributed by atoms with E-state index in [2.05, 4.69) is 20.5 Å². The first-order valence-corrected chi connectivity index (χ1v) is 11.8. The van der Waals surface area contributed by atoms with Gasteiger partial charge in [0.1, 0.15) is 11.6 Å². The maximum Gasteiger partial charge on any atom is 0.416 e. The number of nitrogens with zero attached hydrogens (tertiary/aromatic N) is 3. The van der Waals surface area contributed by atoms with E-state index in [4.69, 9.17) is 4.98 Å². The van der Waals surface area contributed by atoms with Crippen molar-refractivity contribution in [2.75, 3.05) is 23.8 Å². The van der Waals surface area contributed by atoms with Crippen LogP contribution < -0.4 is 15.5 Å². The number of hydrogen-bond donors (Lipinski definition) is 2. The van der Waals surface area contributed by atoms with Crippen molar-refractivity contribution in [3.63, 3.8) is 0 Å². The van der Waals surface area contributed by atoms with Crippen LogP contribution >= 0.6 is 0 Å². The Balaban J connectivity index is 1.36. The molecular formula is C28H24F3N5O. The molecule has 2 N–H and O–H groups in total. The molecular weight excluding hydrogens is 479 g/mol. The molecule has 188 valence electrons. The van der Waals surface area contributed by atoms with Crippen LogP contribution in [-0.4, -0.2) is 29.5 Å². The number of benzene rings is 3. The first-order valence-electron chi connectivity index (χ1n) is 11.8. The van der Waals surface area contributed by atoms with Crippen molar-refractivity contribution in [2.45, 2.75) is 19.1 Å². The van der Waals surface area contributed by atoms with Crippen LogP contribution in [0.5, 0.6) is 0 Å². The molecule has 0 saturated heterocycles. The largest absolute Gasteiger partial charge is 0.416 e. The van der Waals surface area contributed by atoms with Crippen LogP contribution in [0.25, 0.3) is 11.4 Å². The summed E-state index contributed by atoms with van der Waals surface area (Å²) in [5.74, 6) is 1.60. The highest BCUT2D eigenvalue weighted by Crippen LogP contribution is 2.36. The normalized spacial score (nSPS) is 12.8. The molecule has 4 aromatic rings. The number of amides is 1. The zero-order chi connectivity index (χ0) is 26.0. The Kier molecular flexibility index (Phi) is 6.52. The predicted octanol–water partition coefficient (Wildman–Crippen LogP) is 5.83. The molecule has 3 aromatic carbocycles.